The third-order valence-corrected chi connectivity index (χ3v) is 5.49. The quantitative estimate of drug-likeness (QED) is 0.644. The molecule has 0 saturated heterocycles. The second-order valence-electron chi connectivity index (χ2n) is 3.77. The molecule has 0 aromatic heterocycles. The fourth-order valence-corrected chi connectivity index (χ4v) is 4.30. The van der Waals surface area contributed by atoms with Gasteiger partial charge in [0.25, 0.3) is 0 Å². The predicted octanol–water partition coefficient (Wildman–Crippen LogP) is 1.36. The first-order valence-electron chi connectivity index (χ1n) is 5.03. The Morgan fingerprint density at radius 3 is 3.00 bits per heavy atom. The number of rotatable bonds is 0. The standard InChI is InChI=1S/C13H10OSe/c14-11-6-3-5-10-8-9-4-1-2-7-12(9)15-13(10)11/h1-5,7H,6,8H2. The third-order valence-electron chi connectivity index (χ3n) is 2.73. The van der Waals surface area contributed by atoms with E-state index in [4.69, 9.17) is 0 Å². The molecular weight excluding hydrogens is 251 g/mol. The molecule has 15 heavy (non-hydrogen) atoms. The zero-order valence-electron chi connectivity index (χ0n) is 8.19. The Morgan fingerprint density at radius 1 is 1.20 bits per heavy atom. The van der Waals surface area contributed by atoms with Gasteiger partial charge >= 0.3 is 94.9 Å². The van der Waals surface area contributed by atoms with Crippen LogP contribution in [0.15, 0.2) is 46.5 Å². The van der Waals surface area contributed by atoms with E-state index < -0.39 is 0 Å². The van der Waals surface area contributed by atoms with E-state index in [1.54, 1.807) is 0 Å². The van der Waals surface area contributed by atoms with Crippen LogP contribution < -0.4 is 4.46 Å². The average molecular weight is 261 g/mol. The topological polar surface area (TPSA) is 17.1 Å². The van der Waals surface area contributed by atoms with Crippen LogP contribution in [0, 0.1) is 0 Å². The normalized spacial score (nSPS) is 18.8. The molecule has 1 nitrogen and oxygen atoms in total. The SMILES string of the molecule is O=C1CC=CC2=C1[Se]c1ccccc1C2. The number of hydrogen-bond donors (Lipinski definition) is 0. The Morgan fingerprint density at radius 2 is 2.07 bits per heavy atom. The number of benzene rings is 1. The molecule has 1 heterocycles. The second kappa shape index (κ2) is 3.48. The van der Waals surface area contributed by atoms with E-state index in [9.17, 15) is 4.79 Å². The van der Waals surface area contributed by atoms with E-state index >= 15 is 0 Å². The fourth-order valence-electron chi connectivity index (χ4n) is 1.98. The van der Waals surface area contributed by atoms with Gasteiger partial charge in [-0.25, -0.2) is 0 Å². The van der Waals surface area contributed by atoms with E-state index in [2.05, 4.69) is 30.3 Å². The molecule has 0 fully saturated rings. The molecule has 3 rings (SSSR count). The molecule has 1 aliphatic heterocycles. The van der Waals surface area contributed by atoms with Crippen molar-refractivity contribution in [1.82, 2.24) is 0 Å². The number of hydrogen-bond acceptors (Lipinski definition) is 1. The van der Waals surface area contributed by atoms with Crippen LogP contribution in [0.2, 0.25) is 0 Å². The number of carbonyl (C=O) groups excluding carboxylic acids is 1. The van der Waals surface area contributed by atoms with Crippen molar-refractivity contribution < 1.29 is 4.79 Å². The number of ketones is 1. The minimum absolute atomic E-state index is 0.228. The first-order valence-corrected chi connectivity index (χ1v) is 6.74. The summed E-state index contributed by atoms with van der Waals surface area (Å²) in [5.41, 5.74) is 2.65. The van der Waals surface area contributed by atoms with E-state index in [1.807, 2.05) is 6.08 Å². The summed E-state index contributed by atoms with van der Waals surface area (Å²) in [5, 5.41) is 0. The van der Waals surface area contributed by atoms with Gasteiger partial charge in [-0.15, -0.1) is 0 Å². The maximum atomic E-state index is 11.7. The van der Waals surface area contributed by atoms with Crippen molar-refractivity contribution in [3.05, 3.63) is 52.0 Å². The Kier molecular flexibility index (Phi) is 2.12. The average Bonchev–Trinajstić information content (AvgIpc) is 2.27. The summed E-state index contributed by atoms with van der Waals surface area (Å²) >= 11 is 0.228. The summed E-state index contributed by atoms with van der Waals surface area (Å²) in [6, 6.07) is 8.47. The monoisotopic (exact) mass is 262 g/mol. The summed E-state index contributed by atoms with van der Waals surface area (Å²) in [4.78, 5) is 11.7. The molecular formula is C13H10OSe. The van der Waals surface area contributed by atoms with Crippen molar-refractivity contribution in [3.63, 3.8) is 0 Å². The van der Waals surface area contributed by atoms with Gasteiger partial charge in [-0.2, -0.15) is 0 Å². The number of Topliss-reactive ketones (excluding diaryl/α,β-unsaturated/α-hetero) is 1. The first-order chi connectivity index (χ1) is 7.34. The molecule has 0 spiro atoms. The predicted molar refractivity (Wildman–Crippen MR) is 61.3 cm³/mol. The molecule has 0 N–H and O–H groups in total. The van der Waals surface area contributed by atoms with Gasteiger partial charge in [-0.1, -0.05) is 0 Å². The van der Waals surface area contributed by atoms with Crippen LogP contribution in [0.1, 0.15) is 12.0 Å². The van der Waals surface area contributed by atoms with Crippen molar-refractivity contribution in [2.75, 3.05) is 0 Å². The molecule has 0 bridgehead atoms. The van der Waals surface area contributed by atoms with Crippen LogP contribution in [0.3, 0.4) is 0 Å². The zero-order chi connectivity index (χ0) is 10.3. The van der Waals surface area contributed by atoms with Crippen LogP contribution in [0.25, 0.3) is 0 Å². The van der Waals surface area contributed by atoms with Crippen LogP contribution in [-0.4, -0.2) is 20.7 Å². The van der Waals surface area contributed by atoms with E-state index in [0.717, 1.165) is 10.9 Å². The van der Waals surface area contributed by atoms with Gasteiger partial charge in [0.1, 0.15) is 0 Å². The molecule has 0 atom stereocenters. The van der Waals surface area contributed by atoms with Crippen molar-refractivity contribution in [1.29, 1.82) is 0 Å². The van der Waals surface area contributed by atoms with Gasteiger partial charge in [0, 0.05) is 0 Å². The summed E-state index contributed by atoms with van der Waals surface area (Å²) < 4.78 is 2.48. The summed E-state index contributed by atoms with van der Waals surface area (Å²) in [6.45, 7) is 0. The molecule has 0 radical (unpaired) electrons. The number of fused-ring (bicyclic) bond motifs is 1. The number of carbonyl (C=O) groups is 1. The Hall–Kier alpha value is -1.11. The Labute approximate surface area is 95.0 Å². The zero-order valence-corrected chi connectivity index (χ0v) is 9.91. The van der Waals surface area contributed by atoms with Crippen molar-refractivity contribution in [2.24, 2.45) is 0 Å². The molecule has 74 valence electrons. The van der Waals surface area contributed by atoms with E-state index in [1.165, 1.54) is 15.6 Å². The van der Waals surface area contributed by atoms with Gasteiger partial charge < -0.3 is 0 Å². The third kappa shape index (κ3) is 1.50. The van der Waals surface area contributed by atoms with Crippen LogP contribution >= 0.6 is 0 Å². The van der Waals surface area contributed by atoms with Gasteiger partial charge in [-0.3, -0.25) is 0 Å². The minimum atomic E-state index is 0.228. The first kappa shape index (κ1) is 9.14. The van der Waals surface area contributed by atoms with Crippen molar-refractivity contribution >= 4 is 25.2 Å². The molecule has 2 heteroatoms. The summed E-state index contributed by atoms with van der Waals surface area (Å²) in [7, 11) is 0. The van der Waals surface area contributed by atoms with E-state index in [-0.39, 0.29) is 15.0 Å². The van der Waals surface area contributed by atoms with Crippen LogP contribution in [0.4, 0.5) is 0 Å². The van der Waals surface area contributed by atoms with Crippen LogP contribution in [0.5, 0.6) is 0 Å². The molecule has 0 saturated carbocycles. The van der Waals surface area contributed by atoms with Gasteiger partial charge in [0.15, 0.2) is 0 Å². The van der Waals surface area contributed by atoms with E-state index in [0.29, 0.717) is 12.2 Å². The summed E-state index contributed by atoms with van der Waals surface area (Å²) in [5.74, 6) is 0.335. The maximum absolute atomic E-state index is 11.7. The Balaban J connectivity index is 2.08. The van der Waals surface area contributed by atoms with Crippen molar-refractivity contribution in [3.8, 4) is 0 Å². The fraction of sp³-hybridized carbons (Fsp3) is 0.154. The van der Waals surface area contributed by atoms with Gasteiger partial charge in [0.05, 0.1) is 0 Å². The Bertz CT molecular complexity index is 497. The molecule has 0 amide bonds. The molecule has 1 aromatic carbocycles. The second-order valence-corrected chi connectivity index (χ2v) is 5.98. The summed E-state index contributed by atoms with van der Waals surface area (Å²) in [6.07, 6.45) is 5.66. The van der Waals surface area contributed by atoms with Crippen molar-refractivity contribution in [2.45, 2.75) is 12.8 Å². The molecule has 1 aromatic rings. The molecule has 2 aliphatic rings. The number of allylic oxidation sites excluding steroid dienone is 4. The molecule has 1 aliphatic carbocycles. The van der Waals surface area contributed by atoms with Gasteiger partial charge in [0.2, 0.25) is 0 Å². The van der Waals surface area contributed by atoms with Gasteiger partial charge in [-0.05, 0) is 0 Å². The van der Waals surface area contributed by atoms with Crippen LogP contribution in [-0.2, 0) is 11.2 Å². The molecule has 0 unspecified atom stereocenters.